The molecular weight excluding hydrogens is 456 g/mol. The van der Waals surface area contributed by atoms with Crippen LogP contribution in [0.3, 0.4) is 0 Å². The highest BCUT2D eigenvalue weighted by atomic mass is 32.2. The number of nitrogens with one attached hydrogen (secondary N) is 1. The standard InChI is InChI=1S/C24H22N4O3S2/c29-23(27-24-26-21(16-32-24)20-8-3-4-14-25-20)18-10-12-19(13-11-18)33(30,31)28-15-5-7-17-6-1-2-9-22(17)28/h1-4,6,8-14,24H,5,7,15-16H2,(H,27,29). The number of benzene rings is 2. The fourth-order valence-electron chi connectivity index (χ4n) is 3.97. The van der Waals surface area contributed by atoms with Crippen LogP contribution >= 0.6 is 11.8 Å². The predicted molar refractivity (Wildman–Crippen MR) is 130 cm³/mol. The van der Waals surface area contributed by atoms with Gasteiger partial charge >= 0.3 is 0 Å². The molecule has 2 aromatic carbocycles. The lowest BCUT2D eigenvalue weighted by Gasteiger charge is -2.30. The number of nitrogens with zero attached hydrogens (tertiary/aromatic N) is 3. The van der Waals surface area contributed by atoms with Crippen molar-refractivity contribution in [2.75, 3.05) is 16.6 Å². The van der Waals surface area contributed by atoms with E-state index < -0.39 is 15.5 Å². The van der Waals surface area contributed by atoms with Gasteiger partial charge in [0, 0.05) is 24.1 Å². The average molecular weight is 479 g/mol. The first-order chi connectivity index (χ1) is 16.0. The van der Waals surface area contributed by atoms with Gasteiger partial charge in [-0.2, -0.15) is 0 Å². The molecule has 1 amide bonds. The molecule has 0 saturated heterocycles. The van der Waals surface area contributed by atoms with E-state index >= 15 is 0 Å². The van der Waals surface area contributed by atoms with E-state index in [0.29, 0.717) is 17.9 Å². The molecule has 1 N–H and O–H groups in total. The van der Waals surface area contributed by atoms with Gasteiger partial charge in [-0.1, -0.05) is 24.3 Å². The van der Waals surface area contributed by atoms with Gasteiger partial charge in [-0.15, -0.1) is 11.8 Å². The smallest absolute Gasteiger partial charge is 0.264 e. The van der Waals surface area contributed by atoms with Crippen LogP contribution in [0.1, 0.15) is 28.0 Å². The van der Waals surface area contributed by atoms with E-state index in [1.54, 1.807) is 18.3 Å². The first kappa shape index (κ1) is 21.7. The molecule has 168 valence electrons. The summed E-state index contributed by atoms with van der Waals surface area (Å²) in [5.74, 6) is 0.363. The number of carbonyl (C=O) groups is 1. The Morgan fingerprint density at radius 2 is 1.82 bits per heavy atom. The monoisotopic (exact) mass is 478 g/mol. The van der Waals surface area contributed by atoms with Gasteiger partial charge in [0.2, 0.25) is 0 Å². The maximum absolute atomic E-state index is 13.3. The lowest BCUT2D eigenvalue weighted by Crippen LogP contribution is -2.35. The van der Waals surface area contributed by atoms with Crippen molar-refractivity contribution < 1.29 is 13.2 Å². The first-order valence-electron chi connectivity index (χ1n) is 10.6. The summed E-state index contributed by atoms with van der Waals surface area (Å²) in [5.41, 5.74) is 3.39. The maximum atomic E-state index is 13.3. The first-order valence-corrected chi connectivity index (χ1v) is 13.1. The molecule has 5 rings (SSSR count). The number of aromatic nitrogens is 1. The molecule has 0 radical (unpaired) electrons. The van der Waals surface area contributed by atoms with Crippen molar-refractivity contribution in [2.45, 2.75) is 23.2 Å². The van der Waals surface area contributed by atoms with E-state index in [0.717, 1.165) is 35.5 Å². The fraction of sp³-hybridized carbons (Fsp3) is 0.208. The number of hydrogen-bond donors (Lipinski definition) is 1. The molecule has 33 heavy (non-hydrogen) atoms. The van der Waals surface area contributed by atoms with Crippen molar-refractivity contribution >= 4 is 39.1 Å². The van der Waals surface area contributed by atoms with Crippen molar-refractivity contribution in [3.8, 4) is 0 Å². The normalized spacial score (nSPS) is 17.9. The van der Waals surface area contributed by atoms with Crippen molar-refractivity contribution in [2.24, 2.45) is 4.99 Å². The van der Waals surface area contributed by atoms with Crippen molar-refractivity contribution in [3.63, 3.8) is 0 Å². The highest BCUT2D eigenvalue weighted by Crippen LogP contribution is 2.31. The highest BCUT2D eigenvalue weighted by molar-refractivity contribution is 8.00. The van der Waals surface area contributed by atoms with Gasteiger partial charge in [0.15, 0.2) is 5.50 Å². The second kappa shape index (κ2) is 8.99. The summed E-state index contributed by atoms with van der Waals surface area (Å²) in [7, 11) is -3.71. The van der Waals surface area contributed by atoms with Crippen molar-refractivity contribution in [3.05, 3.63) is 89.7 Å². The zero-order chi connectivity index (χ0) is 22.8. The molecule has 0 saturated carbocycles. The van der Waals surface area contributed by atoms with Crippen LogP contribution in [0, 0.1) is 0 Å². The van der Waals surface area contributed by atoms with Gasteiger partial charge in [-0.3, -0.25) is 19.1 Å². The van der Waals surface area contributed by atoms with E-state index in [1.807, 2.05) is 42.5 Å². The summed E-state index contributed by atoms with van der Waals surface area (Å²) in [6.45, 7) is 0.442. The number of aliphatic imine (C=N–C) groups is 1. The fourth-order valence-corrected chi connectivity index (χ4v) is 6.44. The van der Waals surface area contributed by atoms with Gasteiger partial charge in [0.05, 0.1) is 22.0 Å². The van der Waals surface area contributed by atoms with Crippen molar-refractivity contribution in [1.82, 2.24) is 10.3 Å². The van der Waals surface area contributed by atoms with Crippen LogP contribution in [0.2, 0.25) is 0 Å². The third-order valence-electron chi connectivity index (χ3n) is 5.64. The maximum Gasteiger partial charge on any atom is 0.264 e. The molecule has 3 aromatic rings. The lowest BCUT2D eigenvalue weighted by molar-refractivity contribution is 0.0951. The molecule has 0 aliphatic carbocycles. The number of para-hydroxylation sites is 1. The SMILES string of the molecule is O=C(NC1N=C(c2ccccn2)CS1)c1ccc(S(=O)(=O)N2CCCc3ccccc32)cc1. The minimum absolute atomic E-state index is 0.168. The van der Waals surface area contributed by atoms with Crippen molar-refractivity contribution in [1.29, 1.82) is 0 Å². The van der Waals surface area contributed by atoms with E-state index in [-0.39, 0.29) is 10.8 Å². The quantitative estimate of drug-likeness (QED) is 0.606. The summed E-state index contributed by atoms with van der Waals surface area (Å²) in [6.07, 6.45) is 3.36. The summed E-state index contributed by atoms with van der Waals surface area (Å²) in [4.78, 5) is 21.7. The van der Waals surface area contributed by atoms with Crippen LogP contribution in [0.4, 0.5) is 5.69 Å². The lowest BCUT2D eigenvalue weighted by atomic mass is 10.0. The number of pyridine rings is 1. The summed E-state index contributed by atoms with van der Waals surface area (Å²) < 4.78 is 28.0. The van der Waals surface area contributed by atoms with Gasteiger partial charge in [0.1, 0.15) is 0 Å². The van der Waals surface area contributed by atoms with Crippen LogP contribution < -0.4 is 9.62 Å². The van der Waals surface area contributed by atoms with E-state index in [2.05, 4.69) is 15.3 Å². The van der Waals surface area contributed by atoms with Gasteiger partial charge in [0.25, 0.3) is 15.9 Å². The van der Waals surface area contributed by atoms with E-state index in [9.17, 15) is 13.2 Å². The Morgan fingerprint density at radius 3 is 2.61 bits per heavy atom. The second-order valence-corrected chi connectivity index (χ2v) is 10.7. The third kappa shape index (κ3) is 4.38. The largest absolute Gasteiger partial charge is 0.322 e. The van der Waals surface area contributed by atoms with E-state index in [1.165, 1.54) is 28.2 Å². The summed E-state index contributed by atoms with van der Waals surface area (Å²) in [6, 6.07) is 19.3. The van der Waals surface area contributed by atoms with Gasteiger partial charge in [-0.25, -0.2) is 8.42 Å². The molecule has 0 spiro atoms. The number of aryl methyl sites for hydroxylation is 1. The van der Waals surface area contributed by atoms with Crippen LogP contribution in [-0.2, 0) is 16.4 Å². The number of hydrogen-bond acceptors (Lipinski definition) is 6. The molecule has 3 heterocycles. The van der Waals surface area contributed by atoms with E-state index in [4.69, 9.17) is 0 Å². The molecule has 1 aromatic heterocycles. The highest BCUT2D eigenvalue weighted by Gasteiger charge is 2.29. The number of fused-ring (bicyclic) bond motifs is 1. The molecular formula is C24H22N4O3S2. The predicted octanol–water partition coefficient (Wildman–Crippen LogP) is 3.47. The molecule has 2 aliphatic rings. The average Bonchev–Trinajstić information content (AvgIpc) is 3.33. The number of rotatable bonds is 5. The van der Waals surface area contributed by atoms with Gasteiger partial charge < -0.3 is 5.32 Å². The molecule has 9 heteroatoms. The number of sulfonamides is 1. The summed E-state index contributed by atoms with van der Waals surface area (Å²) in [5, 5.41) is 2.88. The minimum Gasteiger partial charge on any atom is -0.322 e. The molecule has 0 fully saturated rings. The Labute approximate surface area is 197 Å². The Hall–Kier alpha value is -3.17. The van der Waals surface area contributed by atoms with Crippen LogP contribution in [0.5, 0.6) is 0 Å². The summed E-state index contributed by atoms with van der Waals surface area (Å²) >= 11 is 1.51. The number of thioether (sulfide) groups is 1. The van der Waals surface area contributed by atoms with Crippen LogP contribution in [-0.4, -0.2) is 42.8 Å². The molecule has 1 atom stereocenters. The Morgan fingerprint density at radius 1 is 1.03 bits per heavy atom. The van der Waals surface area contributed by atoms with Crippen LogP contribution in [0.15, 0.2) is 82.8 Å². The third-order valence-corrected chi connectivity index (χ3v) is 8.44. The topological polar surface area (TPSA) is 91.7 Å². The Kier molecular flexibility index (Phi) is 5.90. The number of amides is 1. The Balaban J connectivity index is 1.30. The molecule has 2 aliphatic heterocycles. The molecule has 0 bridgehead atoms. The number of carbonyl (C=O) groups excluding carboxylic acids is 1. The minimum atomic E-state index is -3.71. The zero-order valence-corrected chi connectivity index (χ0v) is 19.3. The van der Waals surface area contributed by atoms with Gasteiger partial charge in [-0.05, 0) is 60.9 Å². The Bertz CT molecular complexity index is 1310. The molecule has 7 nitrogen and oxygen atoms in total. The second-order valence-electron chi connectivity index (χ2n) is 7.76. The van der Waals surface area contributed by atoms with Crippen LogP contribution in [0.25, 0.3) is 0 Å². The number of anilines is 1. The molecule has 1 unspecified atom stereocenters. The zero-order valence-electron chi connectivity index (χ0n) is 17.7.